The molecule has 2 rings (SSSR count). The normalized spacial score (nSPS) is 19.4. The molecule has 1 saturated heterocycles. The molecule has 1 aromatic carbocycles. The number of nitrogens with one attached hydrogen (secondary N) is 2. The summed E-state index contributed by atoms with van der Waals surface area (Å²) >= 11 is 0. The van der Waals surface area contributed by atoms with Crippen molar-refractivity contribution in [2.24, 2.45) is 5.92 Å². The molecule has 0 aliphatic carbocycles. The number of carbonyl (C=O) groups excluding carboxylic acids is 2. The van der Waals surface area contributed by atoms with Crippen molar-refractivity contribution in [2.75, 3.05) is 26.7 Å². The molecule has 0 aromatic heterocycles. The lowest BCUT2D eigenvalue weighted by molar-refractivity contribution is -0.132. The van der Waals surface area contributed by atoms with E-state index < -0.39 is 0 Å². The largest absolute Gasteiger partial charge is 0.497 e. The molecule has 6 nitrogen and oxygen atoms in total. The fourth-order valence-corrected chi connectivity index (χ4v) is 3.24. The molecule has 138 valence electrons. The highest BCUT2D eigenvalue weighted by atomic mass is 16.5. The lowest BCUT2D eigenvalue weighted by atomic mass is 9.96. The Labute approximate surface area is 149 Å². The predicted octanol–water partition coefficient (Wildman–Crippen LogP) is 1.72. The van der Waals surface area contributed by atoms with Crippen molar-refractivity contribution in [3.63, 3.8) is 0 Å². The van der Waals surface area contributed by atoms with Gasteiger partial charge in [-0.15, -0.1) is 0 Å². The van der Waals surface area contributed by atoms with Crippen LogP contribution >= 0.6 is 0 Å². The molecule has 0 spiro atoms. The molecule has 2 N–H and O–H groups in total. The molecule has 0 radical (unpaired) electrons. The van der Waals surface area contributed by atoms with E-state index in [4.69, 9.17) is 4.74 Å². The molecular formula is C19H29N3O3. The van der Waals surface area contributed by atoms with Gasteiger partial charge in [0.1, 0.15) is 5.75 Å². The minimum absolute atomic E-state index is 0.0112. The van der Waals surface area contributed by atoms with Crippen LogP contribution < -0.4 is 15.4 Å². The number of methoxy groups -OCH3 is 1. The third-order valence-electron chi connectivity index (χ3n) is 4.63. The van der Waals surface area contributed by atoms with Crippen molar-refractivity contribution in [2.45, 2.75) is 39.3 Å². The van der Waals surface area contributed by atoms with Crippen LogP contribution in [0.5, 0.6) is 5.75 Å². The van der Waals surface area contributed by atoms with Crippen LogP contribution in [-0.4, -0.2) is 49.5 Å². The number of amides is 2. The van der Waals surface area contributed by atoms with E-state index in [-0.39, 0.29) is 36.4 Å². The van der Waals surface area contributed by atoms with Gasteiger partial charge in [-0.1, -0.05) is 32.9 Å². The first-order valence-corrected chi connectivity index (χ1v) is 8.91. The van der Waals surface area contributed by atoms with E-state index in [0.717, 1.165) is 11.3 Å². The molecule has 0 saturated carbocycles. The fraction of sp³-hybridized carbons (Fsp3) is 0.579. The Balaban J connectivity index is 2.03. The molecule has 6 heteroatoms. The highest BCUT2D eigenvalue weighted by molar-refractivity contribution is 5.84. The number of hydrogen-bond acceptors (Lipinski definition) is 4. The Bertz CT molecular complexity index is 586. The first kappa shape index (κ1) is 19.2. The highest BCUT2D eigenvalue weighted by Crippen LogP contribution is 2.24. The summed E-state index contributed by atoms with van der Waals surface area (Å²) in [5.41, 5.74) is 1.05. The maximum atomic E-state index is 12.6. The van der Waals surface area contributed by atoms with E-state index in [2.05, 4.69) is 24.5 Å². The van der Waals surface area contributed by atoms with Gasteiger partial charge in [0.25, 0.3) is 0 Å². The van der Waals surface area contributed by atoms with Gasteiger partial charge >= 0.3 is 0 Å². The standard InChI is InChI=1S/C19H29N3O3/c1-5-16-19(24)20-10-11-22(16)12-17(23)21-18(13(2)3)14-6-8-15(25-4)9-7-14/h6-9,13,16,18H,5,10-12H2,1-4H3,(H,20,24)(H,21,23). The van der Waals surface area contributed by atoms with E-state index in [1.54, 1.807) is 7.11 Å². The quantitative estimate of drug-likeness (QED) is 0.788. The van der Waals surface area contributed by atoms with Crippen molar-refractivity contribution in [1.29, 1.82) is 0 Å². The Morgan fingerprint density at radius 1 is 1.36 bits per heavy atom. The number of hydrogen-bond donors (Lipinski definition) is 2. The first-order valence-electron chi connectivity index (χ1n) is 8.91. The van der Waals surface area contributed by atoms with Gasteiger partial charge in [0.05, 0.1) is 25.7 Å². The highest BCUT2D eigenvalue weighted by Gasteiger charge is 2.30. The zero-order chi connectivity index (χ0) is 18.4. The lowest BCUT2D eigenvalue weighted by Gasteiger charge is -2.34. The minimum Gasteiger partial charge on any atom is -0.497 e. The molecule has 1 aromatic rings. The van der Waals surface area contributed by atoms with E-state index >= 15 is 0 Å². The van der Waals surface area contributed by atoms with Crippen molar-refractivity contribution in [3.8, 4) is 5.75 Å². The zero-order valence-corrected chi connectivity index (χ0v) is 15.5. The van der Waals surface area contributed by atoms with Gasteiger partial charge in [-0.05, 0) is 30.0 Å². The van der Waals surface area contributed by atoms with Gasteiger partial charge in [0, 0.05) is 13.1 Å². The second kappa shape index (κ2) is 8.85. The number of carbonyl (C=O) groups is 2. The smallest absolute Gasteiger partial charge is 0.237 e. The second-order valence-electron chi connectivity index (χ2n) is 6.75. The van der Waals surface area contributed by atoms with Gasteiger partial charge in [-0.25, -0.2) is 0 Å². The zero-order valence-electron chi connectivity index (χ0n) is 15.5. The molecule has 1 aliphatic rings. The lowest BCUT2D eigenvalue weighted by Crippen LogP contribution is -2.57. The molecular weight excluding hydrogens is 318 g/mol. The summed E-state index contributed by atoms with van der Waals surface area (Å²) in [6.07, 6.45) is 0.700. The van der Waals surface area contributed by atoms with Crippen LogP contribution in [-0.2, 0) is 9.59 Å². The van der Waals surface area contributed by atoms with Crippen LogP contribution in [0.2, 0.25) is 0 Å². The average molecular weight is 347 g/mol. The third-order valence-corrected chi connectivity index (χ3v) is 4.63. The van der Waals surface area contributed by atoms with Gasteiger partial charge in [-0.2, -0.15) is 0 Å². The Morgan fingerprint density at radius 2 is 2.04 bits per heavy atom. The first-order chi connectivity index (χ1) is 12.0. The van der Waals surface area contributed by atoms with Crippen molar-refractivity contribution < 1.29 is 14.3 Å². The van der Waals surface area contributed by atoms with Crippen LogP contribution in [0.4, 0.5) is 0 Å². The van der Waals surface area contributed by atoms with Gasteiger partial charge < -0.3 is 15.4 Å². The maximum Gasteiger partial charge on any atom is 0.237 e. The summed E-state index contributed by atoms with van der Waals surface area (Å²) in [7, 11) is 1.63. The van der Waals surface area contributed by atoms with Crippen molar-refractivity contribution >= 4 is 11.8 Å². The van der Waals surface area contributed by atoms with Crippen LogP contribution in [0.25, 0.3) is 0 Å². The molecule has 25 heavy (non-hydrogen) atoms. The summed E-state index contributed by atoms with van der Waals surface area (Å²) in [5, 5.41) is 5.98. The predicted molar refractivity (Wildman–Crippen MR) is 97.4 cm³/mol. The monoisotopic (exact) mass is 347 g/mol. The SMILES string of the molecule is CCC1C(=O)NCCN1CC(=O)NC(c1ccc(OC)cc1)C(C)C. The number of nitrogens with zero attached hydrogens (tertiary/aromatic N) is 1. The number of ether oxygens (including phenoxy) is 1. The van der Waals surface area contributed by atoms with Crippen LogP contribution in [0, 0.1) is 5.92 Å². The molecule has 1 fully saturated rings. The molecule has 2 amide bonds. The minimum atomic E-state index is -0.224. The number of rotatable bonds is 7. The van der Waals surface area contributed by atoms with Crippen molar-refractivity contribution in [1.82, 2.24) is 15.5 Å². The third kappa shape index (κ3) is 4.95. The van der Waals surface area contributed by atoms with Crippen LogP contribution in [0.1, 0.15) is 38.8 Å². The topological polar surface area (TPSA) is 70.7 Å². The average Bonchev–Trinajstić information content (AvgIpc) is 2.60. The Morgan fingerprint density at radius 3 is 2.60 bits per heavy atom. The Hall–Kier alpha value is -2.08. The van der Waals surface area contributed by atoms with E-state index in [1.807, 2.05) is 36.1 Å². The molecule has 1 aliphatic heterocycles. The summed E-state index contributed by atoms with van der Waals surface area (Å²) in [6, 6.07) is 7.47. The van der Waals surface area contributed by atoms with E-state index in [0.29, 0.717) is 19.5 Å². The molecule has 2 atom stereocenters. The fourth-order valence-electron chi connectivity index (χ4n) is 3.24. The van der Waals surface area contributed by atoms with Gasteiger partial charge in [-0.3, -0.25) is 14.5 Å². The molecule has 2 unspecified atom stereocenters. The van der Waals surface area contributed by atoms with Crippen molar-refractivity contribution in [3.05, 3.63) is 29.8 Å². The summed E-state index contributed by atoms with van der Waals surface area (Å²) in [5.74, 6) is 1.01. The molecule has 1 heterocycles. The van der Waals surface area contributed by atoms with Crippen LogP contribution in [0.15, 0.2) is 24.3 Å². The molecule has 0 bridgehead atoms. The van der Waals surface area contributed by atoms with Crippen LogP contribution in [0.3, 0.4) is 0 Å². The van der Waals surface area contributed by atoms with Gasteiger partial charge in [0.15, 0.2) is 0 Å². The number of piperazine rings is 1. The number of benzene rings is 1. The Kier molecular flexibility index (Phi) is 6.82. The summed E-state index contributed by atoms with van der Waals surface area (Å²) in [6.45, 7) is 7.66. The van der Waals surface area contributed by atoms with E-state index in [9.17, 15) is 9.59 Å². The maximum absolute atomic E-state index is 12.6. The summed E-state index contributed by atoms with van der Waals surface area (Å²) < 4.78 is 5.19. The van der Waals surface area contributed by atoms with E-state index in [1.165, 1.54) is 0 Å². The van der Waals surface area contributed by atoms with Gasteiger partial charge in [0.2, 0.25) is 11.8 Å². The summed E-state index contributed by atoms with van der Waals surface area (Å²) in [4.78, 5) is 26.5. The second-order valence-corrected chi connectivity index (χ2v) is 6.75.